The molecule has 0 atom stereocenters. The van der Waals surface area contributed by atoms with Crippen LogP contribution in [0, 0.1) is 0 Å². The number of hydrogen-bond donors (Lipinski definition) is 1. The average Bonchev–Trinajstić information content (AvgIpc) is 1.81. The second-order valence-electron chi connectivity index (χ2n) is 5.49. The first-order valence-corrected chi connectivity index (χ1v) is 5.10. The Kier molecular flexibility index (Phi) is 4.93. The smallest absolute Gasteiger partial charge is 0.0598 e. The molecule has 0 aromatic carbocycles. The minimum atomic E-state index is 0.00172. The third kappa shape index (κ3) is 11.9. The molecular formula is C11H25NO. The normalized spacial score (nSPS) is 13.4. The maximum Gasteiger partial charge on any atom is 0.0598 e. The highest BCUT2D eigenvalue weighted by atomic mass is 16.5. The summed E-state index contributed by atoms with van der Waals surface area (Å²) in [6.07, 6.45) is 1.08. The van der Waals surface area contributed by atoms with Crippen molar-refractivity contribution in [3.63, 3.8) is 0 Å². The maximum absolute atomic E-state index is 5.60. The Morgan fingerprint density at radius 1 is 1.00 bits per heavy atom. The van der Waals surface area contributed by atoms with Crippen LogP contribution in [0.15, 0.2) is 0 Å². The predicted molar refractivity (Wildman–Crippen MR) is 58.1 cm³/mol. The van der Waals surface area contributed by atoms with E-state index in [1.807, 2.05) is 0 Å². The van der Waals surface area contributed by atoms with Crippen LogP contribution >= 0.6 is 0 Å². The molecule has 80 valence electrons. The Bertz CT molecular complexity index is 114. The Balaban J connectivity index is 3.28. The second-order valence-corrected chi connectivity index (χ2v) is 5.49. The van der Waals surface area contributed by atoms with Crippen LogP contribution in [0.1, 0.15) is 48.0 Å². The summed E-state index contributed by atoms with van der Waals surface area (Å²) >= 11 is 0. The minimum absolute atomic E-state index is 0.00172. The number of rotatable bonds is 4. The lowest BCUT2D eigenvalue weighted by molar-refractivity contribution is -0.00415. The maximum atomic E-state index is 5.60. The van der Waals surface area contributed by atoms with Crippen LogP contribution in [0.25, 0.3) is 0 Å². The molecule has 0 rings (SSSR count). The van der Waals surface area contributed by atoms with Crippen molar-refractivity contribution in [1.82, 2.24) is 5.32 Å². The summed E-state index contributed by atoms with van der Waals surface area (Å²) in [5.74, 6) is 0. The molecule has 2 heteroatoms. The molecule has 0 aliphatic rings. The standard InChI is InChI=1S/C11H25NO/c1-10(2,3)12-8-7-9-13-11(4,5)6/h12H,7-9H2,1-6H3. The molecule has 0 fully saturated rings. The first kappa shape index (κ1) is 12.9. The summed E-state index contributed by atoms with van der Waals surface area (Å²) in [5, 5.41) is 3.43. The van der Waals surface area contributed by atoms with Crippen molar-refractivity contribution < 1.29 is 4.74 Å². The van der Waals surface area contributed by atoms with E-state index in [0.29, 0.717) is 0 Å². The van der Waals surface area contributed by atoms with Crippen molar-refractivity contribution in [2.24, 2.45) is 0 Å². The molecule has 0 radical (unpaired) electrons. The lowest BCUT2D eigenvalue weighted by Gasteiger charge is -2.22. The van der Waals surface area contributed by atoms with Crippen LogP contribution < -0.4 is 5.32 Å². The summed E-state index contributed by atoms with van der Waals surface area (Å²) in [5.41, 5.74) is 0.226. The molecule has 0 saturated heterocycles. The fraction of sp³-hybridized carbons (Fsp3) is 1.00. The van der Waals surface area contributed by atoms with Crippen molar-refractivity contribution in [2.45, 2.75) is 59.1 Å². The quantitative estimate of drug-likeness (QED) is 0.683. The number of ether oxygens (including phenoxy) is 1. The van der Waals surface area contributed by atoms with E-state index >= 15 is 0 Å². The van der Waals surface area contributed by atoms with Gasteiger partial charge in [0.2, 0.25) is 0 Å². The zero-order valence-electron chi connectivity index (χ0n) is 10.0. The van der Waals surface area contributed by atoms with Gasteiger partial charge in [-0.2, -0.15) is 0 Å². The highest BCUT2D eigenvalue weighted by Gasteiger charge is 2.10. The molecule has 0 aromatic heterocycles. The van der Waals surface area contributed by atoms with Gasteiger partial charge in [-0.05, 0) is 54.5 Å². The predicted octanol–water partition coefficient (Wildman–Crippen LogP) is 2.58. The van der Waals surface area contributed by atoms with Crippen molar-refractivity contribution in [1.29, 1.82) is 0 Å². The summed E-state index contributed by atoms with van der Waals surface area (Å²) in [6.45, 7) is 14.7. The molecule has 2 nitrogen and oxygen atoms in total. The Hall–Kier alpha value is -0.0800. The van der Waals surface area contributed by atoms with E-state index in [-0.39, 0.29) is 11.1 Å². The van der Waals surface area contributed by atoms with E-state index in [2.05, 4.69) is 46.9 Å². The van der Waals surface area contributed by atoms with Gasteiger partial charge in [0, 0.05) is 12.1 Å². The van der Waals surface area contributed by atoms with E-state index in [1.54, 1.807) is 0 Å². The molecule has 13 heavy (non-hydrogen) atoms. The molecule has 0 unspecified atom stereocenters. The molecule has 0 heterocycles. The second kappa shape index (κ2) is 4.97. The highest BCUT2D eigenvalue weighted by molar-refractivity contribution is 4.69. The Morgan fingerprint density at radius 3 is 1.92 bits per heavy atom. The molecule has 0 saturated carbocycles. The van der Waals surface area contributed by atoms with Crippen molar-refractivity contribution in [3.8, 4) is 0 Å². The van der Waals surface area contributed by atoms with Crippen LogP contribution in [-0.4, -0.2) is 24.3 Å². The summed E-state index contributed by atoms with van der Waals surface area (Å²) < 4.78 is 5.60. The van der Waals surface area contributed by atoms with Gasteiger partial charge < -0.3 is 10.1 Å². The lowest BCUT2D eigenvalue weighted by Crippen LogP contribution is -2.37. The molecule has 0 aliphatic heterocycles. The molecule has 0 spiro atoms. The third-order valence-corrected chi connectivity index (χ3v) is 1.51. The lowest BCUT2D eigenvalue weighted by atomic mass is 10.1. The van der Waals surface area contributed by atoms with Gasteiger partial charge in [-0.1, -0.05) is 0 Å². The van der Waals surface area contributed by atoms with Crippen LogP contribution in [0.3, 0.4) is 0 Å². The molecule has 0 bridgehead atoms. The van der Waals surface area contributed by atoms with E-state index < -0.39 is 0 Å². The Labute approximate surface area is 83.1 Å². The van der Waals surface area contributed by atoms with Crippen LogP contribution in [0.2, 0.25) is 0 Å². The van der Waals surface area contributed by atoms with Gasteiger partial charge >= 0.3 is 0 Å². The van der Waals surface area contributed by atoms with E-state index in [0.717, 1.165) is 19.6 Å². The highest BCUT2D eigenvalue weighted by Crippen LogP contribution is 2.06. The van der Waals surface area contributed by atoms with Gasteiger partial charge in [0.1, 0.15) is 0 Å². The SMILES string of the molecule is CC(C)(C)NCCCOC(C)(C)C. The summed E-state index contributed by atoms with van der Waals surface area (Å²) in [7, 11) is 0. The first-order chi connectivity index (χ1) is 5.71. The van der Waals surface area contributed by atoms with Gasteiger partial charge in [-0.25, -0.2) is 0 Å². The topological polar surface area (TPSA) is 21.3 Å². The zero-order chi connectivity index (χ0) is 10.5. The molecule has 0 aromatic rings. The molecule has 0 aliphatic carbocycles. The van der Waals surface area contributed by atoms with Gasteiger partial charge in [0.05, 0.1) is 5.60 Å². The van der Waals surface area contributed by atoms with Crippen LogP contribution in [0.5, 0.6) is 0 Å². The monoisotopic (exact) mass is 187 g/mol. The fourth-order valence-corrected chi connectivity index (χ4v) is 0.914. The first-order valence-electron chi connectivity index (χ1n) is 5.10. The Morgan fingerprint density at radius 2 is 1.54 bits per heavy atom. The number of hydrogen-bond acceptors (Lipinski definition) is 2. The van der Waals surface area contributed by atoms with Crippen molar-refractivity contribution in [2.75, 3.05) is 13.2 Å². The molecule has 0 amide bonds. The summed E-state index contributed by atoms with van der Waals surface area (Å²) in [4.78, 5) is 0. The van der Waals surface area contributed by atoms with Gasteiger partial charge in [0.15, 0.2) is 0 Å². The third-order valence-electron chi connectivity index (χ3n) is 1.51. The molecule has 1 N–H and O–H groups in total. The molecular weight excluding hydrogens is 162 g/mol. The number of nitrogens with one attached hydrogen (secondary N) is 1. The van der Waals surface area contributed by atoms with Gasteiger partial charge in [-0.15, -0.1) is 0 Å². The largest absolute Gasteiger partial charge is 0.376 e. The summed E-state index contributed by atoms with van der Waals surface area (Å²) in [6, 6.07) is 0. The van der Waals surface area contributed by atoms with Gasteiger partial charge in [-0.3, -0.25) is 0 Å². The van der Waals surface area contributed by atoms with Crippen molar-refractivity contribution >= 4 is 0 Å². The fourth-order valence-electron chi connectivity index (χ4n) is 0.914. The van der Waals surface area contributed by atoms with E-state index in [9.17, 15) is 0 Å². The van der Waals surface area contributed by atoms with Crippen LogP contribution in [-0.2, 0) is 4.74 Å². The van der Waals surface area contributed by atoms with Crippen molar-refractivity contribution in [3.05, 3.63) is 0 Å². The zero-order valence-corrected chi connectivity index (χ0v) is 10.0. The average molecular weight is 187 g/mol. The minimum Gasteiger partial charge on any atom is -0.376 e. The van der Waals surface area contributed by atoms with E-state index in [4.69, 9.17) is 4.74 Å². The van der Waals surface area contributed by atoms with Gasteiger partial charge in [0.25, 0.3) is 0 Å². The van der Waals surface area contributed by atoms with E-state index in [1.165, 1.54) is 0 Å². The van der Waals surface area contributed by atoms with Crippen LogP contribution in [0.4, 0.5) is 0 Å².